The van der Waals surface area contributed by atoms with E-state index in [4.69, 9.17) is 16.3 Å². The van der Waals surface area contributed by atoms with Gasteiger partial charge in [0.1, 0.15) is 5.75 Å². The summed E-state index contributed by atoms with van der Waals surface area (Å²) in [5, 5.41) is 3.45. The number of fused-ring (bicyclic) bond motifs is 2. The number of amides is 2. The molecule has 0 saturated carbocycles. The molecule has 0 saturated heterocycles. The normalized spacial score (nSPS) is 12.5. The van der Waals surface area contributed by atoms with Crippen LogP contribution >= 0.6 is 11.6 Å². The first-order chi connectivity index (χ1) is 13.5. The van der Waals surface area contributed by atoms with Gasteiger partial charge in [-0.1, -0.05) is 41.9 Å². The van der Waals surface area contributed by atoms with Crippen LogP contribution in [0.5, 0.6) is 11.5 Å². The number of nitrogens with zero attached hydrogens (tertiary/aromatic N) is 1. The van der Waals surface area contributed by atoms with Crippen LogP contribution in [-0.4, -0.2) is 18.9 Å². The zero-order chi connectivity index (χ0) is 19.7. The molecule has 5 nitrogen and oxygen atoms in total. The molecular weight excluding hydrogens is 376 g/mol. The van der Waals surface area contributed by atoms with Gasteiger partial charge in [-0.25, -0.2) is 0 Å². The van der Waals surface area contributed by atoms with Crippen LogP contribution in [0, 0.1) is 0 Å². The van der Waals surface area contributed by atoms with Gasteiger partial charge in [-0.2, -0.15) is 0 Å². The fourth-order valence-corrected chi connectivity index (χ4v) is 3.27. The quantitative estimate of drug-likeness (QED) is 0.705. The Morgan fingerprint density at radius 3 is 2.61 bits per heavy atom. The highest BCUT2D eigenvalue weighted by Gasteiger charge is 2.26. The van der Waals surface area contributed by atoms with Crippen molar-refractivity contribution in [3.63, 3.8) is 0 Å². The van der Waals surface area contributed by atoms with Gasteiger partial charge in [-0.3, -0.25) is 9.59 Å². The van der Waals surface area contributed by atoms with Crippen molar-refractivity contribution in [1.82, 2.24) is 5.32 Å². The predicted molar refractivity (Wildman–Crippen MR) is 108 cm³/mol. The smallest absolute Gasteiger partial charge is 0.261 e. The molecule has 28 heavy (non-hydrogen) atoms. The number of hydrogen-bond donors (Lipinski definition) is 1. The van der Waals surface area contributed by atoms with E-state index in [9.17, 15) is 9.59 Å². The van der Waals surface area contributed by atoms with E-state index >= 15 is 0 Å². The monoisotopic (exact) mass is 392 g/mol. The van der Waals surface area contributed by atoms with Gasteiger partial charge in [0.25, 0.3) is 11.8 Å². The van der Waals surface area contributed by atoms with E-state index in [-0.39, 0.29) is 11.8 Å². The molecule has 6 heteroatoms. The van der Waals surface area contributed by atoms with E-state index in [1.807, 2.05) is 24.3 Å². The second-order valence-electron chi connectivity index (χ2n) is 6.42. The number of halogens is 1. The van der Waals surface area contributed by atoms with Crippen LogP contribution < -0.4 is 15.0 Å². The number of anilines is 1. The molecule has 0 spiro atoms. The van der Waals surface area contributed by atoms with Gasteiger partial charge >= 0.3 is 0 Å². The fraction of sp³-hybridized carbons (Fsp3) is 0.0909. The third-order valence-corrected chi connectivity index (χ3v) is 4.99. The molecule has 0 aliphatic carbocycles. The Balaban J connectivity index is 1.60. The molecule has 1 heterocycles. The van der Waals surface area contributed by atoms with Crippen molar-refractivity contribution >= 4 is 29.1 Å². The van der Waals surface area contributed by atoms with Gasteiger partial charge in [-0.15, -0.1) is 0 Å². The van der Waals surface area contributed by atoms with Crippen molar-refractivity contribution in [3.05, 3.63) is 88.4 Å². The lowest BCUT2D eigenvalue weighted by Gasteiger charge is -2.17. The number of ether oxygens (including phenoxy) is 1. The highest BCUT2D eigenvalue weighted by molar-refractivity contribution is 6.31. The lowest BCUT2D eigenvalue weighted by Crippen LogP contribution is -2.26. The molecule has 1 aliphatic rings. The summed E-state index contributed by atoms with van der Waals surface area (Å²) in [6.07, 6.45) is 0. The Morgan fingerprint density at radius 1 is 1.04 bits per heavy atom. The van der Waals surface area contributed by atoms with E-state index < -0.39 is 0 Å². The standard InChI is InChI=1S/C22H17ClN2O3/c1-25-18-12-14(21(26)24-13-15-6-2-4-8-17(15)23)10-11-20(18)28-19-9-5-3-7-16(19)22(25)27/h2-12H,13H2,1H3,(H,24,26). The summed E-state index contributed by atoms with van der Waals surface area (Å²) in [6, 6.07) is 19.4. The summed E-state index contributed by atoms with van der Waals surface area (Å²) < 4.78 is 5.91. The van der Waals surface area contributed by atoms with Gasteiger partial charge in [-0.05, 0) is 42.0 Å². The minimum atomic E-state index is -0.259. The van der Waals surface area contributed by atoms with Crippen LogP contribution in [0.1, 0.15) is 26.3 Å². The lowest BCUT2D eigenvalue weighted by molar-refractivity contribution is 0.0948. The molecule has 1 N–H and O–H groups in total. The molecule has 140 valence electrons. The second kappa shape index (κ2) is 7.37. The average Bonchev–Trinajstić information content (AvgIpc) is 2.82. The van der Waals surface area contributed by atoms with E-state index in [0.29, 0.717) is 39.9 Å². The summed E-state index contributed by atoms with van der Waals surface area (Å²) in [5.41, 5.74) is 2.27. The van der Waals surface area contributed by atoms with Crippen molar-refractivity contribution < 1.29 is 14.3 Å². The Labute approximate surface area is 167 Å². The molecule has 0 aromatic heterocycles. The largest absolute Gasteiger partial charge is 0.454 e. The molecule has 4 rings (SSSR count). The Hall–Kier alpha value is -3.31. The molecule has 0 unspecified atom stereocenters. The first-order valence-corrected chi connectivity index (χ1v) is 9.13. The molecular formula is C22H17ClN2O3. The van der Waals surface area contributed by atoms with Crippen molar-refractivity contribution in [2.75, 3.05) is 11.9 Å². The SMILES string of the molecule is CN1C(=O)c2ccccc2Oc2ccc(C(=O)NCc3ccccc3Cl)cc21. The van der Waals surface area contributed by atoms with Gasteiger partial charge < -0.3 is 15.0 Å². The van der Waals surface area contributed by atoms with Crippen molar-refractivity contribution in [3.8, 4) is 11.5 Å². The topological polar surface area (TPSA) is 58.6 Å². The predicted octanol–water partition coefficient (Wildman–Crippen LogP) is 4.65. The summed E-state index contributed by atoms with van der Waals surface area (Å²) in [5.74, 6) is 0.561. The number of nitrogens with one attached hydrogen (secondary N) is 1. The van der Waals surface area contributed by atoms with Crippen molar-refractivity contribution in [1.29, 1.82) is 0 Å². The Kier molecular flexibility index (Phi) is 4.75. The lowest BCUT2D eigenvalue weighted by atomic mass is 10.1. The van der Waals surface area contributed by atoms with Crippen LogP contribution in [-0.2, 0) is 6.54 Å². The minimum Gasteiger partial charge on any atom is -0.454 e. The van der Waals surface area contributed by atoms with E-state index in [1.54, 1.807) is 49.5 Å². The molecule has 0 atom stereocenters. The molecule has 3 aromatic carbocycles. The van der Waals surface area contributed by atoms with Crippen LogP contribution in [0.4, 0.5) is 5.69 Å². The molecule has 2 amide bonds. The van der Waals surface area contributed by atoms with E-state index in [0.717, 1.165) is 5.56 Å². The third-order valence-electron chi connectivity index (χ3n) is 4.62. The number of rotatable bonds is 3. The number of carbonyl (C=O) groups excluding carboxylic acids is 2. The first kappa shape index (κ1) is 18.1. The summed E-state index contributed by atoms with van der Waals surface area (Å²) in [4.78, 5) is 26.9. The molecule has 0 fully saturated rings. The first-order valence-electron chi connectivity index (χ1n) is 8.75. The van der Waals surface area contributed by atoms with Crippen LogP contribution in [0.3, 0.4) is 0 Å². The summed E-state index contributed by atoms with van der Waals surface area (Å²) in [6.45, 7) is 0.312. The molecule has 0 radical (unpaired) electrons. The molecule has 0 bridgehead atoms. The highest BCUT2D eigenvalue weighted by Crippen LogP contribution is 2.38. The maximum Gasteiger partial charge on any atom is 0.261 e. The van der Waals surface area contributed by atoms with Gasteiger partial charge in [0.2, 0.25) is 0 Å². The summed E-state index contributed by atoms with van der Waals surface area (Å²) in [7, 11) is 1.66. The zero-order valence-corrected chi connectivity index (χ0v) is 15.9. The Morgan fingerprint density at radius 2 is 1.79 bits per heavy atom. The summed E-state index contributed by atoms with van der Waals surface area (Å²) >= 11 is 6.13. The average molecular weight is 393 g/mol. The highest BCUT2D eigenvalue weighted by atomic mass is 35.5. The minimum absolute atomic E-state index is 0.192. The van der Waals surface area contributed by atoms with Crippen LogP contribution in [0.2, 0.25) is 5.02 Å². The fourth-order valence-electron chi connectivity index (χ4n) is 3.07. The van der Waals surface area contributed by atoms with Gasteiger partial charge in [0, 0.05) is 24.2 Å². The molecule has 1 aliphatic heterocycles. The maximum absolute atomic E-state index is 12.8. The molecule has 3 aromatic rings. The van der Waals surface area contributed by atoms with Crippen LogP contribution in [0.25, 0.3) is 0 Å². The van der Waals surface area contributed by atoms with Crippen molar-refractivity contribution in [2.45, 2.75) is 6.54 Å². The number of para-hydroxylation sites is 1. The zero-order valence-electron chi connectivity index (χ0n) is 15.1. The maximum atomic E-state index is 12.8. The Bertz CT molecular complexity index is 1080. The van der Waals surface area contributed by atoms with Gasteiger partial charge in [0.05, 0.1) is 11.3 Å². The van der Waals surface area contributed by atoms with Crippen molar-refractivity contribution in [2.24, 2.45) is 0 Å². The van der Waals surface area contributed by atoms with Crippen LogP contribution in [0.15, 0.2) is 66.7 Å². The van der Waals surface area contributed by atoms with E-state index in [1.165, 1.54) is 4.90 Å². The van der Waals surface area contributed by atoms with Gasteiger partial charge in [0.15, 0.2) is 5.75 Å². The second-order valence-corrected chi connectivity index (χ2v) is 6.83. The number of hydrogen-bond acceptors (Lipinski definition) is 3. The number of carbonyl (C=O) groups is 2. The van der Waals surface area contributed by atoms with E-state index in [2.05, 4.69) is 5.32 Å². The number of benzene rings is 3. The third kappa shape index (κ3) is 3.32.